The maximum atomic E-state index is 12.5. The van der Waals surface area contributed by atoms with Gasteiger partial charge < -0.3 is 10.4 Å². The second kappa shape index (κ2) is 8.29. The minimum atomic E-state index is -3.61. The normalized spacial score (nSPS) is 12.0. The maximum absolute atomic E-state index is 12.5. The molecule has 6 heteroatoms. The summed E-state index contributed by atoms with van der Waals surface area (Å²) < 4.78 is 26.3. The van der Waals surface area contributed by atoms with Gasteiger partial charge in [-0.1, -0.05) is 32.1 Å². The Morgan fingerprint density at radius 1 is 1.43 bits per heavy atom. The maximum Gasteiger partial charge on any atom is 0.243 e. The Hall–Kier alpha value is -1.21. The lowest BCUT2D eigenvalue weighted by Crippen LogP contribution is -2.33. The zero-order valence-electron chi connectivity index (χ0n) is 12.6. The fourth-order valence-electron chi connectivity index (χ4n) is 1.85. The van der Waals surface area contributed by atoms with E-state index in [1.165, 1.54) is 10.4 Å². The third kappa shape index (κ3) is 5.24. The van der Waals surface area contributed by atoms with Crippen molar-refractivity contribution in [3.05, 3.63) is 42.5 Å². The van der Waals surface area contributed by atoms with Gasteiger partial charge in [-0.25, -0.2) is 8.42 Å². The summed E-state index contributed by atoms with van der Waals surface area (Å²) >= 11 is 0. The number of nitrogens with one attached hydrogen (secondary N) is 1. The lowest BCUT2D eigenvalue weighted by atomic mass is 10.2. The van der Waals surface area contributed by atoms with Crippen molar-refractivity contribution in [1.82, 2.24) is 9.62 Å². The molecule has 0 radical (unpaired) electrons. The second-order valence-electron chi connectivity index (χ2n) is 5.06. The van der Waals surface area contributed by atoms with Crippen molar-refractivity contribution in [2.45, 2.75) is 31.3 Å². The fraction of sp³-hybridized carbons (Fsp3) is 0.467. The average molecular weight is 312 g/mol. The summed E-state index contributed by atoms with van der Waals surface area (Å²) in [5, 5.41) is 12.3. The molecule has 1 rings (SSSR count). The summed E-state index contributed by atoms with van der Waals surface area (Å²) in [5.41, 5.74) is 0.910. The van der Waals surface area contributed by atoms with Crippen LogP contribution >= 0.6 is 0 Å². The van der Waals surface area contributed by atoms with Gasteiger partial charge in [0.05, 0.1) is 11.5 Å². The van der Waals surface area contributed by atoms with E-state index in [1.54, 1.807) is 18.2 Å². The third-order valence-electron chi connectivity index (χ3n) is 2.93. The van der Waals surface area contributed by atoms with E-state index >= 15 is 0 Å². The molecular weight excluding hydrogens is 288 g/mol. The Bertz CT molecular complexity index is 556. The Morgan fingerprint density at radius 3 is 2.71 bits per heavy atom. The molecular formula is C15H24N2O3S. The van der Waals surface area contributed by atoms with Gasteiger partial charge in [0.2, 0.25) is 10.0 Å². The van der Waals surface area contributed by atoms with Gasteiger partial charge >= 0.3 is 0 Å². The first kappa shape index (κ1) is 17.8. The van der Waals surface area contributed by atoms with Crippen LogP contribution in [0.2, 0.25) is 0 Å². The van der Waals surface area contributed by atoms with Crippen LogP contribution in [-0.4, -0.2) is 43.6 Å². The van der Waals surface area contributed by atoms with Crippen LogP contribution in [0.15, 0.2) is 41.8 Å². The highest BCUT2D eigenvalue weighted by molar-refractivity contribution is 7.89. The molecule has 0 atom stereocenters. The zero-order chi connectivity index (χ0) is 15.9. The van der Waals surface area contributed by atoms with Crippen molar-refractivity contribution in [1.29, 1.82) is 0 Å². The second-order valence-corrected chi connectivity index (χ2v) is 7.00. The highest BCUT2D eigenvalue weighted by atomic mass is 32.2. The van der Waals surface area contributed by atoms with Crippen LogP contribution in [-0.2, 0) is 16.6 Å². The van der Waals surface area contributed by atoms with Gasteiger partial charge in [-0.3, -0.25) is 0 Å². The van der Waals surface area contributed by atoms with Crippen LogP contribution in [0.1, 0.15) is 19.4 Å². The molecule has 0 unspecified atom stereocenters. The molecule has 0 aromatic heterocycles. The van der Waals surface area contributed by atoms with Crippen LogP contribution in [0, 0.1) is 0 Å². The highest BCUT2D eigenvalue weighted by Crippen LogP contribution is 2.17. The summed E-state index contributed by atoms with van der Waals surface area (Å²) in [6, 6.07) is 7.19. The minimum Gasteiger partial charge on any atom is -0.395 e. The van der Waals surface area contributed by atoms with E-state index < -0.39 is 10.0 Å². The number of aliphatic hydroxyl groups excluding tert-OH is 1. The quantitative estimate of drug-likeness (QED) is 0.675. The highest BCUT2D eigenvalue weighted by Gasteiger charge is 2.23. The molecule has 0 amide bonds. The standard InChI is InChI=1S/C15H24N2O3S/c1-4-8-17(9-10-18)21(19,20)15-7-5-6-14(11-15)12-16-13(2)3/h4-7,11,13,16,18H,1,8-10,12H2,2-3H3. The van der Waals surface area contributed by atoms with Crippen molar-refractivity contribution in [3.8, 4) is 0 Å². The van der Waals surface area contributed by atoms with E-state index in [2.05, 4.69) is 11.9 Å². The van der Waals surface area contributed by atoms with Crippen LogP contribution in [0.3, 0.4) is 0 Å². The lowest BCUT2D eigenvalue weighted by molar-refractivity contribution is 0.260. The molecule has 0 aliphatic carbocycles. The van der Waals surface area contributed by atoms with Gasteiger partial charge in [-0.05, 0) is 17.7 Å². The van der Waals surface area contributed by atoms with Crippen molar-refractivity contribution in [2.24, 2.45) is 0 Å². The Labute approximate surface area is 127 Å². The number of nitrogens with zero attached hydrogens (tertiary/aromatic N) is 1. The number of hydrogen-bond donors (Lipinski definition) is 2. The van der Waals surface area contributed by atoms with Gasteiger partial charge in [-0.15, -0.1) is 6.58 Å². The zero-order valence-corrected chi connectivity index (χ0v) is 13.4. The molecule has 1 aromatic rings. The number of aliphatic hydroxyl groups is 1. The molecule has 0 fully saturated rings. The molecule has 0 aliphatic rings. The van der Waals surface area contributed by atoms with Crippen molar-refractivity contribution in [2.75, 3.05) is 19.7 Å². The van der Waals surface area contributed by atoms with Gasteiger partial charge in [0.25, 0.3) is 0 Å². The molecule has 118 valence electrons. The first-order valence-electron chi connectivity index (χ1n) is 6.96. The summed E-state index contributed by atoms with van der Waals surface area (Å²) in [7, 11) is -3.61. The van der Waals surface area contributed by atoms with Crippen molar-refractivity contribution in [3.63, 3.8) is 0 Å². The Balaban J connectivity index is 3.01. The summed E-state index contributed by atoms with van der Waals surface area (Å²) in [4.78, 5) is 0.237. The number of benzene rings is 1. The summed E-state index contributed by atoms with van der Waals surface area (Å²) in [6.07, 6.45) is 1.51. The van der Waals surface area contributed by atoms with E-state index in [9.17, 15) is 8.42 Å². The van der Waals surface area contributed by atoms with E-state index in [1.807, 2.05) is 19.9 Å². The third-order valence-corrected chi connectivity index (χ3v) is 4.79. The summed E-state index contributed by atoms with van der Waals surface area (Å²) in [6.45, 7) is 8.26. The fourth-order valence-corrected chi connectivity index (χ4v) is 3.32. The Morgan fingerprint density at radius 2 is 2.14 bits per heavy atom. The van der Waals surface area contributed by atoms with E-state index in [0.29, 0.717) is 12.6 Å². The molecule has 21 heavy (non-hydrogen) atoms. The monoisotopic (exact) mass is 312 g/mol. The minimum absolute atomic E-state index is 0.0584. The van der Waals surface area contributed by atoms with Gasteiger partial charge in [-0.2, -0.15) is 4.31 Å². The van der Waals surface area contributed by atoms with E-state index in [0.717, 1.165) is 5.56 Å². The van der Waals surface area contributed by atoms with E-state index in [4.69, 9.17) is 5.11 Å². The SMILES string of the molecule is C=CCN(CCO)S(=O)(=O)c1cccc(CNC(C)C)c1. The van der Waals surface area contributed by atoms with E-state index in [-0.39, 0.29) is 24.6 Å². The first-order chi connectivity index (χ1) is 9.91. The van der Waals surface area contributed by atoms with Crippen molar-refractivity contribution < 1.29 is 13.5 Å². The van der Waals surface area contributed by atoms with Crippen LogP contribution in [0.4, 0.5) is 0 Å². The number of sulfonamides is 1. The Kier molecular flexibility index (Phi) is 7.04. The van der Waals surface area contributed by atoms with Gasteiger partial charge in [0.1, 0.15) is 0 Å². The smallest absolute Gasteiger partial charge is 0.243 e. The molecule has 0 saturated heterocycles. The van der Waals surface area contributed by atoms with Crippen LogP contribution in [0.5, 0.6) is 0 Å². The topological polar surface area (TPSA) is 69.6 Å². The first-order valence-corrected chi connectivity index (χ1v) is 8.40. The molecule has 0 aliphatic heterocycles. The van der Waals surface area contributed by atoms with Crippen LogP contribution < -0.4 is 5.32 Å². The molecule has 0 heterocycles. The molecule has 5 nitrogen and oxygen atoms in total. The predicted molar refractivity (Wildman–Crippen MR) is 84.5 cm³/mol. The van der Waals surface area contributed by atoms with Crippen LogP contribution in [0.25, 0.3) is 0 Å². The van der Waals surface area contributed by atoms with Gasteiger partial charge in [0, 0.05) is 25.7 Å². The summed E-state index contributed by atoms with van der Waals surface area (Å²) in [5.74, 6) is 0. The number of rotatable bonds is 9. The number of hydrogen-bond acceptors (Lipinski definition) is 4. The molecule has 1 aromatic carbocycles. The molecule has 0 spiro atoms. The largest absolute Gasteiger partial charge is 0.395 e. The molecule has 2 N–H and O–H groups in total. The average Bonchev–Trinajstić information content (AvgIpc) is 2.45. The predicted octanol–water partition coefficient (Wildman–Crippen LogP) is 1.35. The van der Waals surface area contributed by atoms with Gasteiger partial charge in [0.15, 0.2) is 0 Å². The van der Waals surface area contributed by atoms with Crippen molar-refractivity contribution >= 4 is 10.0 Å². The molecule has 0 saturated carbocycles. The lowest BCUT2D eigenvalue weighted by Gasteiger charge is -2.20. The molecule has 0 bridgehead atoms.